The van der Waals surface area contributed by atoms with Crippen LogP contribution in [0.5, 0.6) is 0 Å². The minimum atomic E-state index is -0.205. The van der Waals surface area contributed by atoms with Crippen LogP contribution in [0.25, 0.3) is 22.0 Å². The highest BCUT2D eigenvalue weighted by Crippen LogP contribution is 2.23. The second kappa shape index (κ2) is 11.3. The molecule has 5 nitrogen and oxygen atoms in total. The van der Waals surface area contributed by atoms with E-state index in [0.717, 1.165) is 22.3 Å². The summed E-state index contributed by atoms with van der Waals surface area (Å²) in [7, 11) is 0. The van der Waals surface area contributed by atoms with E-state index in [9.17, 15) is 9.59 Å². The number of benzene rings is 4. The third-order valence-electron chi connectivity index (χ3n) is 6.71. The topological polar surface area (TPSA) is 64.0 Å². The number of nitrogens with zero attached hydrogens (tertiary/aromatic N) is 2. The molecule has 2 heterocycles. The van der Waals surface area contributed by atoms with Crippen molar-refractivity contribution in [3.63, 3.8) is 0 Å². The molecule has 0 radical (unpaired) electrons. The maximum atomic E-state index is 13.9. The number of rotatable bonds is 7. The van der Waals surface area contributed by atoms with E-state index in [-0.39, 0.29) is 11.5 Å². The summed E-state index contributed by atoms with van der Waals surface area (Å²) in [5, 5.41) is 5.91. The van der Waals surface area contributed by atoms with E-state index in [2.05, 4.69) is 5.32 Å². The van der Waals surface area contributed by atoms with Crippen LogP contribution in [0.2, 0.25) is 5.02 Å². The Labute approximate surface area is 240 Å². The van der Waals surface area contributed by atoms with Gasteiger partial charge in [-0.15, -0.1) is 11.3 Å². The van der Waals surface area contributed by atoms with Gasteiger partial charge in [0.15, 0.2) is 0 Å². The van der Waals surface area contributed by atoms with Gasteiger partial charge in [-0.05, 0) is 64.0 Å². The molecule has 1 N–H and O–H groups in total. The predicted molar refractivity (Wildman–Crippen MR) is 164 cm³/mol. The number of fused-ring (bicyclic) bond motifs is 1. The molecule has 6 rings (SSSR count). The minimum Gasteiger partial charge on any atom is -0.321 e. The highest BCUT2D eigenvalue weighted by atomic mass is 35.5. The fourth-order valence-corrected chi connectivity index (χ4v) is 5.39. The largest absolute Gasteiger partial charge is 0.321 e. The predicted octanol–water partition coefficient (Wildman–Crippen LogP) is 7.67. The fraction of sp³-hybridized carbons (Fsp3) is 0.0606. The number of anilines is 1. The van der Waals surface area contributed by atoms with Crippen molar-refractivity contribution < 1.29 is 4.79 Å². The van der Waals surface area contributed by atoms with Gasteiger partial charge < -0.3 is 5.32 Å². The molecule has 0 aliphatic heterocycles. The third kappa shape index (κ3) is 5.59. The van der Waals surface area contributed by atoms with Gasteiger partial charge in [0.1, 0.15) is 5.82 Å². The SMILES string of the molecule is O=C(Nc1ccc2nc(Cc3ccccc3)n(Cc3ccc(-c4ccc(Cl)cc4)cc3)c(=O)c2c1)c1cccs1. The molecule has 1 amide bonds. The van der Waals surface area contributed by atoms with Crippen LogP contribution in [0.3, 0.4) is 0 Å². The van der Waals surface area contributed by atoms with E-state index < -0.39 is 0 Å². The zero-order chi connectivity index (χ0) is 27.5. The Morgan fingerprint density at radius 3 is 2.25 bits per heavy atom. The van der Waals surface area contributed by atoms with E-state index in [4.69, 9.17) is 16.6 Å². The van der Waals surface area contributed by atoms with Crippen LogP contribution in [0.15, 0.2) is 119 Å². The van der Waals surface area contributed by atoms with Crippen molar-refractivity contribution in [2.45, 2.75) is 13.0 Å². The summed E-state index contributed by atoms with van der Waals surface area (Å²) in [6.07, 6.45) is 0.520. The molecule has 0 saturated heterocycles. The number of aromatic nitrogens is 2. The second-order valence-corrected chi connectivity index (χ2v) is 10.8. The lowest BCUT2D eigenvalue weighted by molar-refractivity contribution is 0.103. The lowest BCUT2D eigenvalue weighted by Crippen LogP contribution is -2.26. The van der Waals surface area contributed by atoms with Crippen LogP contribution in [0, 0.1) is 0 Å². The molecule has 0 fully saturated rings. The van der Waals surface area contributed by atoms with Crippen LogP contribution in [0.1, 0.15) is 26.6 Å². The van der Waals surface area contributed by atoms with Crippen molar-refractivity contribution in [2.75, 3.05) is 5.32 Å². The zero-order valence-corrected chi connectivity index (χ0v) is 23.0. The first kappa shape index (κ1) is 25.7. The van der Waals surface area contributed by atoms with E-state index in [1.807, 2.05) is 90.3 Å². The first-order valence-corrected chi connectivity index (χ1v) is 14.1. The van der Waals surface area contributed by atoms with E-state index in [1.54, 1.807) is 28.8 Å². The number of thiophene rings is 1. The average Bonchev–Trinajstić information content (AvgIpc) is 3.52. The zero-order valence-electron chi connectivity index (χ0n) is 21.4. The number of carbonyl (C=O) groups is 1. The Morgan fingerprint density at radius 1 is 0.825 bits per heavy atom. The Bertz CT molecular complexity index is 1850. The molecular formula is C33H24ClN3O2S. The lowest BCUT2D eigenvalue weighted by Gasteiger charge is -2.15. The van der Waals surface area contributed by atoms with Gasteiger partial charge in [0.25, 0.3) is 11.5 Å². The summed E-state index contributed by atoms with van der Waals surface area (Å²) in [6, 6.07) is 34.8. The van der Waals surface area contributed by atoms with Gasteiger partial charge in [0, 0.05) is 17.1 Å². The molecule has 4 aromatic carbocycles. The number of hydrogen-bond donors (Lipinski definition) is 1. The van der Waals surface area contributed by atoms with E-state index in [0.29, 0.717) is 45.3 Å². The molecular weight excluding hydrogens is 538 g/mol. The maximum Gasteiger partial charge on any atom is 0.265 e. The Kier molecular flexibility index (Phi) is 7.27. The lowest BCUT2D eigenvalue weighted by atomic mass is 10.0. The summed E-state index contributed by atoms with van der Waals surface area (Å²) in [5.74, 6) is 0.477. The highest BCUT2D eigenvalue weighted by Gasteiger charge is 2.15. The number of hydrogen-bond acceptors (Lipinski definition) is 4. The van der Waals surface area contributed by atoms with Gasteiger partial charge in [-0.3, -0.25) is 14.2 Å². The Morgan fingerprint density at radius 2 is 1.55 bits per heavy atom. The first-order chi connectivity index (χ1) is 19.5. The van der Waals surface area contributed by atoms with Crippen molar-refractivity contribution in [3.8, 4) is 11.1 Å². The van der Waals surface area contributed by atoms with Gasteiger partial charge in [-0.1, -0.05) is 84.4 Å². The molecule has 2 aromatic heterocycles. The number of nitrogens with one attached hydrogen (secondary N) is 1. The standard InChI is InChI=1S/C33H24ClN3O2S/c34-26-14-12-25(13-15-26)24-10-8-23(9-11-24)21-37-31(19-22-5-2-1-3-6-22)36-29-17-16-27(20-28(29)33(37)39)35-32(38)30-7-4-18-40-30/h1-18,20H,19,21H2,(H,35,38). The van der Waals surface area contributed by atoms with Gasteiger partial charge in [0.05, 0.1) is 22.3 Å². The molecule has 7 heteroatoms. The van der Waals surface area contributed by atoms with E-state index in [1.165, 1.54) is 11.3 Å². The average molecular weight is 562 g/mol. The number of carbonyl (C=O) groups excluding carboxylic acids is 1. The maximum absolute atomic E-state index is 13.9. The van der Waals surface area contributed by atoms with Gasteiger partial charge in [-0.2, -0.15) is 0 Å². The van der Waals surface area contributed by atoms with Crippen molar-refractivity contribution in [1.82, 2.24) is 9.55 Å². The fourth-order valence-electron chi connectivity index (χ4n) is 4.65. The molecule has 0 spiro atoms. The van der Waals surface area contributed by atoms with Crippen LogP contribution in [-0.2, 0) is 13.0 Å². The molecule has 0 unspecified atom stereocenters. The normalized spacial score (nSPS) is 11.0. The highest BCUT2D eigenvalue weighted by molar-refractivity contribution is 7.12. The summed E-state index contributed by atoms with van der Waals surface area (Å²) >= 11 is 7.41. The molecule has 0 aliphatic carbocycles. The third-order valence-corrected chi connectivity index (χ3v) is 7.83. The van der Waals surface area contributed by atoms with Crippen molar-refractivity contribution in [3.05, 3.63) is 152 Å². The summed E-state index contributed by atoms with van der Waals surface area (Å²) in [6.45, 7) is 0.372. The summed E-state index contributed by atoms with van der Waals surface area (Å²) in [4.78, 5) is 32.1. The quantitative estimate of drug-likeness (QED) is 0.217. The minimum absolute atomic E-state index is 0.148. The molecule has 196 valence electrons. The van der Waals surface area contributed by atoms with Crippen LogP contribution in [0.4, 0.5) is 5.69 Å². The number of halogens is 1. The smallest absolute Gasteiger partial charge is 0.265 e. The van der Waals surface area contributed by atoms with Crippen LogP contribution >= 0.6 is 22.9 Å². The molecule has 40 heavy (non-hydrogen) atoms. The Balaban J connectivity index is 1.37. The summed E-state index contributed by atoms with van der Waals surface area (Å²) < 4.78 is 1.73. The first-order valence-electron chi connectivity index (χ1n) is 12.8. The summed E-state index contributed by atoms with van der Waals surface area (Å²) in [5.41, 5.74) is 5.20. The van der Waals surface area contributed by atoms with Gasteiger partial charge in [-0.25, -0.2) is 4.98 Å². The molecule has 0 atom stereocenters. The number of amides is 1. The Hall–Kier alpha value is -4.52. The molecule has 0 aliphatic rings. The van der Waals surface area contributed by atoms with Gasteiger partial charge in [0.2, 0.25) is 0 Å². The van der Waals surface area contributed by atoms with Gasteiger partial charge >= 0.3 is 0 Å². The monoisotopic (exact) mass is 561 g/mol. The van der Waals surface area contributed by atoms with Crippen LogP contribution < -0.4 is 10.9 Å². The van der Waals surface area contributed by atoms with Crippen molar-refractivity contribution >= 4 is 45.4 Å². The molecule has 0 bridgehead atoms. The molecule has 0 saturated carbocycles. The van der Waals surface area contributed by atoms with E-state index >= 15 is 0 Å². The molecule has 6 aromatic rings. The van der Waals surface area contributed by atoms with Crippen molar-refractivity contribution in [1.29, 1.82) is 0 Å². The second-order valence-electron chi connectivity index (χ2n) is 9.45. The van der Waals surface area contributed by atoms with Crippen LogP contribution in [-0.4, -0.2) is 15.5 Å². The van der Waals surface area contributed by atoms with Crippen molar-refractivity contribution in [2.24, 2.45) is 0 Å².